The third kappa shape index (κ3) is 2.20. The molecular weight excluding hydrogens is 369 g/mol. The van der Waals surface area contributed by atoms with Crippen LogP contribution in [0.5, 0.6) is 0 Å². The second-order valence-corrected chi connectivity index (χ2v) is 8.53. The van der Waals surface area contributed by atoms with E-state index in [1.54, 1.807) is 18.2 Å². The molecule has 3 fully saturated rings. The van der Waals surface area contributed by atoms with E-state index in [1.807, 2.05) is 0 Å². The predicted octanol–water partition coefficient (Wildman–Crippen LogP) is 5.18. The molecule has 1 saturated heterocycles. The first kappa shape index (κ1) is 16.6. The van der Waals surface area contributed by atoms with Crippen LogP contribution in [0.3, 0.4) is 0 Å². The topological polar surface area (TPSA) is 37.4 Å². The van der Waals surface area contributed by atoms with E-state index in [-0.39, 0.29) is 35.5 Å². The number of carbonyl (C=O) groups excluding carboxylic acids is 2. The van der Waals surface area contributed by atoms with Gasteiger partial charge in [0.25, 0.3) is 0 Å². The van der Waals surface area contributed by atoms with E-state index in [1.165, 1.54) is 35.3 Å². The number of hydrogen-bond donors (Lipinski definition) is 0. The van der Waals surface area contributed by atoms with Crippen LogP contribution >= 0.6 is 23.2 Å². The molecule has 1 aromatic rings. The van der Waals surface area contributed by atoms with Gasteiger partial charge in [-0.15, -0.1) is 0 Å². The Bertz CT molecular complexity index is 846. The van der Waals surface area contributed by atoms with Crippen LogP contribution in [0.4, 0.5) is 5.69 Å². The Morgan fingerprint density at radius 2 is 1.46 bits per heavy atom. The number of fused-ring (bicyclic) bond motifs is 5. The minimum absolute atomic E-state index is 0.0934. The fourth-order valence-corrected chi connectivity index (χ4v) is 5.67. The van der Waals surface area contributed by atoms with Crippen molar-refractivity contribution in [2.45, 2.75) is 32.1 Å². The first-order chi connectivity index (χ1) is 12.6. The van der Waals surface area contributed by atoms with Crippen molar-refractivity contribution in [3.63, 3.8) is 0 Å². The molecule has 0 radical (unpaired) electrons. The van der Waals surface area contributed by atoms with Crippen LogP contribution in [0.15, 0.2) is 41.5 Å². The molecule has 0 unspecified atom stereocenters. The van der Waals surface area contributed by atoms with Gasteiger partial charge in [0, 0.05) is 11.8 Å². The lowest BCUT2D eigenvalue weighted by Gasteiger charge is -2.23. The molecule has 134 valence electrons. The molecule has 5 heteroatoms. The molecule has 1 aliphatic heterocycles. The van der Waals surface area contributed by atoms with Gasteiger partial charge >= 0.3 is 0 Å². The van der Waals surface area contributed by atoms with Gasteiger partial charge in [0.15, 0.2) is 0 Å². The number of hydrogen-bond acceptors (Lipinski definition) is 2. The van der Waals surface area contributed by atoms with Crippen molar-refractivity contribution in [1.82, 2.24) is 0 Å². The largest absolute Gasteiger partial charge is 0.274 e. The molecule has 0 N–H and O–H groups in total. The summed E-state index contributed by atoms with van der Waals surface area (Å²) >= 11 is 12.1. The van der Waals surface area contributed by atoms with Gasteiger partial charge in [-0.05, 0) is 43.9 Å². The highest BCUT2D eigenvalue weighted by atomic mass is 35.5. The number of allylic oxidation sites excluding steroid dienone is 4. The summed E-state index contributed by atoms with van der Waals surface area (Å²) in [7, 11) is 0. The zero-order valence-electron chi connectivity index (χ0n) is 14.3. The highest BCUT2D eigenvalue weighted by molar-refractivity contribution is 6.42. The summed E-state index contributed by atoms with van der Waals surface area (Å²) in [6.45, 7) is 0. The Hall–Kier alpha value is -1.58. The van der Waals surface area contributed by atoms with Gasteiger partial charge in [-0.2, -0.15) is 0 Å². The van der Waals surface area contributed by atoms with Gasteiger partial charge < -0.3 is 0 Å². The lowest BCUT2D eigenvalue weighted by atomic mass is 9.85. The summed E-state index contributed by atoms with van der Waals surface area (Å²) in [5.74, 6) is -0.495. The van der Waals surface area contributed by atoms with E-state index in [4.69, 9.17) is 23.2 Å². The van der Waals surface area contributed by atoms with E-state index in [0.29, 0.717) is 15.7 Å². The minimum atomic E-state index is -0.253. The number of benzene rings is 1. The molecule has 2 amide bonds. The smallest absolute Gasteiger partial charge is 0.238 e. The zero-order valence-corrected chi connectivity index (χ0v) is 15.8. The summed E-state index contributed by atoms with van der Waals surface area (Å²) in [5.41, 5.74) is 3.41. The number of rotatable bonds is 1. The van der Waals surface area contributed by atoms with Crippen molar-refractivity contribution >= 4 is 40.7 Å². The molecule has 4 aliphatic rings. The average Bonchev–Trinajstić information content (AvgIpc) is 3.28. The van der Waals surface area contributed by atoms with Gasteiger partial charge in [0.1, 0.15) is 0 Å². The summed E-state index contributed by atoms with van der Waals surface area (Å²) in [4.78, 5) is 27.7. The molecule has 1 aromatic carbocycles. The monoisotopic (exact) mass is 387 g/mol. The van der Waals surface area contributed by atoms with Gasteiger partial charge in [-0.25, -0.2) is 4.90 Å². The van der Waals surface area contributed by atoms with E-state index in [9.17, 15) is 9.59 Å². The maximum atomic E-state index is 13.2. The van der Waals surface area contributed by atoms with Crippen LogP contribution in [-0.4, -0.2) is 11.8 Å². The van der Waals surface area contributed by atoms with E-state index < -0.39 is 0 Å². The summed E-state index contributed by atoms with van der Waals surface area (Å²) in [6, 6.07) is 4.94. The quantitative estimate of drug-likeness (QED) is 0.491. The molecule has 4 atom stereocenters. The molecule has 0 aromatic heterocycles. The van der Waals surface area contributed by atoms with Gasteiger partial charge in [-0.3, -0.25) is 9.59 Å². The maximum absolute atomic E-state index is 13.2. The average molecular weight is 388 g/mol. The van der Waals surface area contributed by atoms with Crippen LogP contribution in [-0.2, 0) is 9.59 Å². The number of nitrogens with zero attached hydrogens (tertiary/aromatic N) is 1. The van der Waals surface area contributed by atoms with Crippen molar-refractivity contribution in [3.05, 3.63) is 51.5 Å². The number of imide groups is 1. The molecule has 26 heavy (non-hydrogen) atoms. The fraction of sp³-hybridized carbons (Fsp3) is 0.429. The highest BCUT2D eigenvalue weighted by Crippen LogP contribution is 2.58. The van der Waals surface area contributed by atoms with E-state index in [2.05, 4.69) is 12.2 Å². The third-order valence-electron chi connectivity index (χ3n) is 6.44. The Morgan fingerprint density at radius 1 is 0.846 bits per heavy atom. The first-order valence-electron chi connectivity index (χ1n) is 9.31. The molecule has 2 saturated carbocycles. The third-order valence-corrected chi connectivity index (χ3v) is 7.18. The number of amides is 2. The lowest BCUT2D eigenvalue weighted by molar-refractivity contribution is -0.122. The molecule has 3 aliphatic carbocycles. The van der Waals surface area contributed by atoms with Crippen molar-refractivity contribution in [1.29, 1.82) is 0 Å². The van der Waals surface area contributed by atoms with Gasteiger partial charge in [0.2, 0.25) is 11.8 Å². The van der Waals surface area contributed by atoms with E-state index in [0.717, 1.165) is 12.8 Å². The van der Waals surface area contributed by atoms with Crippen LogP contribution < -0.4 is 4.90 Å². The first-order valence-corrected chi connectivity index (χ1v) is 10.1. The highest BCUT2D eigenvalue weighted by Gasteiger charge is 2.62. The summed E-state index contributed by atoms with van der Waals surface area (Å²) in [6.07, 6.45) is 10.3. The summed E-state index contributed by atoms with van der Waals surface area (Å²) < 4.78 is 0. The van der Waals surface area contributed by atoms with Crippen LogP contribution in [0.1, 0.15) is 32.1 Å². The van der Waals surface area contributed by atoms with Crippen LogP contribution in [0, 0.1) is 23.7 Å². The van der Waals surface area contributed by atoms with Crippen LogP contribution in [0.25, 0.3) is 0 Å². The number of anilines is 1. The zero-order chi connectivity index (χ0) is 18.0. The van der Waals surface area contributed by atoms with Crippen molar-refractivity contribution in [3.8, 4) is 0 Å². The number of carbonyl (C=O) groups is 2. The van der Waals surface area contributed by atoms with Crippen molar-refractivity contribution in [2.75, 3.05) is 4.90 Å². The molecule has 2 bridgehead atoms. The maximum Gasteiger partial charge on any atom is 0.238 e. The molecular formula is C21H19Cl2NO2. The van der Waals surface area contributed by atoms with Crippen molar-refractivity contribution in [2.24, 2.45) is 23.7 Å². The SMILES string of the molecule is O=C1[C@H]2[C@H](C(=O)N1c1ccc(Cl)c(Cl)c1)[C@H]1C=C[C@@H]2C1=C1CCCCC1. The number of halogens is 2. The lowest BCUT2D eigenvalue weighted by Crippen LogP contribution is -2.33. The molecule has 1 heterocycles. The second-order valence-electron chi connectivity index (χ2n) is 7.72. The Balaban J connectivity index is 1.53. The minimum Gasteiger partial charge on any atom is -0.274 e. The van der Waals surface area contributed by atoms with Gasteiger partial charge in [0.05, 0.1) is 27.6 Å². The fourth-order valence-electron chi connectivity index (χ4n) is 5.38. The normalized spacial score (nSPS) is 32.8. The van der Waals surface area contributed by atoms with E-state index >= 15 is 0 Å². The van der Waals surface area contributed by atoms with Crippen LogP contribution in [0.2, 0.25) is 10.0 Å². The Labute approximate surface area is 162 Å². The van der Waals surface area contributed by atoms with Gasteiger partial charge in [-0.1, -0.05) is 52.9 Å². The molecule has 3 nitrogen and oxygen atoms in total. The van der Waals surface area contributed by atoms with Crippen molar-refractivity contribution < 1.29 is 9.59 Å². The standard InChI is InChI=1S/C21H19Cl2NO2/c22-15-9-6-12(10-16(15)23)24-20(25)18-13-7-8-14(19(18)21(24)26)17(13)11-4-2-1-3-5-11/h6-10,13-14,18-19H,1-5H2/t13-,14+,18-,19-/m1/s1. The molecule has 5 rings (SSSR count). The Kier molecular flexibility index (Phi) is 3.81. The predicted molar refractivity (Wildman–Crippen MR) is 102 cm³/mol. The Morgan fingerprint density at radius 3 is 2.04 bits per heavy atom. The summed E-state index contributed by atoms with van der Waals surface area (Å²) in [5, 5.41) is 0.772. The molecule has 0 spiro atoms. The second kappa shape index (κ2) is 5.97.